The summed E-state index contributed by atoms with van der Waals surface area (Å²) in [4.78, 5) is 22.9. The van der Waals surface area contributed by atoms with E-state index >= 15 is 0 Å². The SMILES string of the molecule is CCC(C)C(N)C(=O)NC1CCC(C(N)=O)CC1. The zero-order valence-corrected chi connectivity index (χ0v) is 11.3. The molecule has 0 saturated heterocycles. The van der Waals surface area contributed by atoms with Gasteiger partial charge < -0.3 is 16.8 Å². The fourth-order valence-corrected chi connectivity index (χ4v) is 2.33. The van der Waals surface area contributed by atoms with E-state index in [4.69, 9.17) is 11.5 Å². The van der Waals surface area contributed by atoms with Gasteiger partial charge in [0.05, 0.1) is 6.04 Å². The Morgan fingerprint density at radius 2 is 1.83 bits per heavy atom. The van der Waals surface area contributed by atoms with Crippen LogP contribution in [0, 0.1) is 11.8 Å². The van der Waals surface area contributed by atoms with Crippen LogP contribution in [0.5, 0.6) is 0 Å². The number of amides is 2. The average Bonchev–Trinajstić information content (AvgIpc) is 2.37. The van der Waals surface area contributed by atoms with Gasteiger partial charge in [0.25, 0.3) is 0 Å². The smallest absolute Gasteiger partial charge is 0.237 e. The molecule has 1 aliphatic rings. The van der Waals surface area contributed by atoms with E-state index in [2.05, 4.69) is 5.32 Å². The average molecular weight is 255 g/mol. The van der Waals surface area contributed by atoms with Crippen LogP contribution in [0.25, 0.3) is 0 Å². The Morgan fingerprint density at radius 1 is 1.28 bits per heavy atom. The summed E-state index contributed by atoms with van der Waals surface area (Å²) in [6.45, 7) is 4.00. The van der Waals surface area contributed by atoms with Crippen LogP contribution in [-0.4, -0.2) is 23.9 Å². The summed E-state index contributed by atoms with van der Waals surface area (Å²) in [5.41, 5.74) is 11.2. The highest BCUT2D eigenvalue weighted by molar-refractivity contribution is 5.82. The Bertz CT molecular complexity index is 299. The van der Waals surface area contributed by atoms with E-state index in [9.17, 15) is 9.59 Å². The van der Waals surface area contributed by atoms with E-state index in [-0.39, 0.29) is 29.7 Å². The van der Waals surface area contributed by atoms with Crippen molar-refractivity contribution in [3.8, 4) is 0 Å². The lowest BCUT2D eigenvalue weighted by molar-refractivity contribution is -0.124. The van der Waals surface area contributed by atoms with Gasteiger partial charge in [-0.05, 0) is 31.6 Å². The molecule has 0 bridgehead atoms. The Morgan fingerprint density at radius 3 is 2.28 bits per heavy atom. The molecule has 18 heavy (non-hydrogen) atoms. The zero-order valence-electron chi connectivity index (χ0n) is 11.3. The van der Waals surface area contributed by atoms with Gasteiger partial charge >= 0.3 is 0 Å². The summed E-state index contributed by atoms with van der Waals surface area (Å²) >= 11 is 0. The Hall–Kier alpha value is -1.10. The van der Waals surface area contributed by atoms with E-state index in [0.29, 0.717) is 0 Å². The predicted molar refractivity (Wildman–Crippen MR) is 70.5 cm³/mol. The van der Waals surface area contributed by atoms with Gasteiger partial charge in [0.2, 0.25) is 11.8 Å². The highest BCUT2D eigenvalue weighted by Crippen LogP contribution is 2.24. The molecule has 2 atom stereocenters. The zero-order chi connectivity index (χ0) is 13.7. The monoisotopic (exact) mass is 255 g/mol. The number of hydrogen-bond donors (Lipinski definition) is 3. The maximum absolute atomic E-state index is 11.9. The standard InChI is InChI=1S/C13H25N3O2/c1-3-8(2)11(14)13(18)16-10-6-4-9(5-7-10)12(15)17/h8-11H,3-7,14H2,1-2H3,(H2,15,17)(H,16,18). The third kappa shape index (κ3) is 3.98. The van der Waals surface area contributed by atoms with Crippen molar-refractivity contribution in [3.05, 3.63) is 0 Å². The van der Waals surface area contributed by atoms with Gasteiger partial charge in [0.1, 0.15) is 0 Å². The summed E-state index contributed by atoms with van der Waals surface area (Å²) in [6, 6.07) is -0.299. The quantitative estimate of drug-likeness (QED) is 0.668. The molecule has 104 valence electrons. The normalized spacial score (nSPS) is 27.3. The minimum Gasteiger partial charge on any atom is -0.369 e. The molecule has 5 N–H and O–H groups in total. The van der Waals surface area contributed by atoms with Crippen molar-refractivity contribution in [1.82, 2.24) is 5.32 Å². The summed E-state index contributed by atoms with van der Waals surface area (Å²) in [7, 11) is 0. The van der Waals surface area contributed by atoms with Crippen molar-refractivity contribution >= 4 is 11.8 Å². The minimum absolute atomic E-state index is 0.0265. The van der Waals surface area contributed by atoms with Crippen LogP contribution in [0.15, 0.2) is 0 Å². The number of nitrogens with two attached hydrogens (primary N) is 2. The first-order valence-corrected chi connectivity index (χ1v) is 6.81. The van der Waals surface area contributed by atoms with Crippen LogP contribution in [-0.2, 0) is 9.59 Å². The topological polar surface area (TPSA) is 98.2 Å². The maximum atomic E-state index is 11.9. The first kappa shape index (κ1) is 15.0. The van der Waals surface area contributed by atoms with Crippen LogP contribution < -0.4 is 16.8 Å². The Balaban J connectivity index is 2.36. The lowest BCUT2D eigenvalue weighted by Crippen LogP contribution is -2.49. The second-order valence-electron chi connectivity index (χ2n) is 5.37. The Kier molecular flexibility index (Phi) is 5.59. The second-order valence-corrected chi connectivity index (χ2v) is 5.37. The number of hydrogen-bond acceptors (Lipinski definition) is 3. The molecule has 1 rings (SSSR count). The molecule has 0 aromatic carbocycles. The summed E-state index contributed by atoms with van der Waals surface area (Å²) < 4.78 is 0. The van der Waals surface area contributed by atoms with Gasteiger partial charge in [-0.25, -0.2) is 0 Å². The first-order chi connectivity index (χ1) is 8.45. The third-order valence-corrected chi connectivity index (χ3v) is 4.04. The molecule has 0 aromatic heterocycles. The van der Waals surface area contributed by atoms with Crippen molar-refractivity contribution < 1.29 is 9.59 Å². The molecular formula is C13H25N3O2. The molecule has 0 radical (unpaired) electrons. The van der Waals surface area contributed by atoms with Crippen molar-refractivity contribution in [3.63, 3.8) is 0 Å². The second kappa shape index (κ2) is 6.73. The van der Waals surface area contributed by atoms with Crippen molar-refractivity contribution in [1.29, 1.82) is 0 Å². The van der Waals surface area contributed by atoms with E-state index < -0.39 is 6.04 Å². The highest BCUT2D eigenvalue weighted by atomic mass is 16.2. The summed E-state index contributed by atoms with van der Waals surface area (Å²) in [5, 5.41) is 2.98. The molecule has 1 aliphatic carbocycles. The molecule has 5 heteroatoms. The first-order valence-electron chi connectivity index (χ1n) is 6.81. The summed E-state index contributed by atoms with van der Waals surface area (Å²) in [6.07, 6.45) is 4.04. The largest absolute Gasteiger partial charge is 0.369 e. The van der Waals surface area contributed by atoms with Crippen LogP contribution >= 0.6 is 0 Å². The van der Waals surface area contributed by atoms with Crippen LogP contribution in [0.3, 0.4) is 0 Å². The van der Waals surface area contributed by atoms with Crippen LogP contribution in [0.4, 0.5) is 0 Å². The highest BCUT2D eigenvalue weighted by Gasteiger charge is 2.27. The van der Waals surface area contributed by atoms with E-state index in [0.717, 1.165) is 32.1 Å². The molecule has 0 spiro atoms. The Labute approximate surface area is 109 Å². The number of carbonyl (C=O) groups is 2. The predicted octanol–water partition coefficient (Wildman–Crippen LogP) is 0.520. The molecule has 0 aromatic rings. The third-order valence-electron chi connectivity index (χ3n) is 4.04. The molecule has 1 fully saturated rings. The number of primary amides is 1. The lowest BCUT2D eigenvalue weighted by Gasteiger charge is -2.29. The van der Waals surface area contributed by atoms with Gasteiger partial charge in [-0.1, -0.05) is 20.3 Å². The fraction of sp³-hybridized carbons (Fsp3) is 0.846. The molecule has 2 unspecified atom stereocenters. The van der Waals surface area contributed by atoms with Gasteiger partial charge in [-0.3, -0.25) is 9.59 Å². The molecule has 1 saturated carbocycles. The fourth-order valence-electron chi connectivity index (χ4n) is 2.33. The van der Waals surface area contributed by atoms with Gasteiger partial charge in [-0.15, -0.1) is 0 Å². The van der Waals surface area contributed by atoms with Gasteiger partial charge in [0, 0.05) is 12.0 Å². The van der Waals surface area contributed by atoms with E-state index in [1.165, 1.54) is 0 Å². The van der Waals surface area contributed by atoms with Gasteiger partial charge in [-0.2, -0.15) is 0 Å². The molecule has 5 nitrogen and oxygen atoms in total. The van der Waals surface area contributed by atoms with Crippen molar-refractivity contribution in [2.45, 2.75) is 58.0 Å². The summed E-state index contributed by atoms with van der Waals surface area (Å²) in [5.74, 6) is -0.142. The maximum Gasteiger partial charge on any atom is 0.237 e. The van der Waals surface area contributed by atoms with Crippen LogP contribution in [0.2, 0.25) is 0 Å². The molecular weight excluding hydrogens is 230 g/mol. The molecule has 0 heterocycles. The molecule has 2 amide bonds. The minimum atomic E-state index is -0.441. The van der Waals surface area contributed by atoms with Crippen LogP contribution in [0.1, 0.15) is 46.0 Å². The number of carbonyl (C=O) groups excluding carboxylic acids is 2. The van der Waals surface area contributed by atoms with Crippen molar-refractivity contribution in [2.75, 3.05) is 0 Å². The van der Waals surface area contributed by atoms with E-state index in [1.54, 1.807) is 0 Å². The number of rotatable bonds is 5. The van der Waals surface area contributed by atoms with Gasteiger partial charge in [0.15, 0.2) is 0 Å². The van der Waals surface area contributed by atoms with E-state index in [1.807, 2.05) is 13.8 Å². The number of nitrogens with one attached hydrogen (secondary N) is 1. The lowest BCUT2D eigenvalue weighted by atomic mass is 9.85. The van der Waals surface area contributed by atoms with Crippen molar-refractivity contribution in [2.24, 2.45) is 23.3 Å². The molecule has 0 aliphatic heterocycles.